The first-order valence-electron chi connectivity index (χ1n) is 8.90. The Morgan fingerprint density at radius 2 is 1.77 bits per heavy atom. The van der Waals surface area contributed by atoms with Gasteiger partial charge in [-0.25, -0.2) is 0 Å². The highest BCUT2D eigenvalue weighted by atomic mass is 35.5. The van der Waals surface area contributed by atoms with Crippen LogP contribution in [-0.2, 0) is 4.79 Å². The van der Waals surface area contributed by atoms with E-state index >= 15 is 0 Å². The number of likely N-dealkylation sites (tertiary alicyclic amines) is 1. The number of benzene rings is 1. The van der Waals surface area contributed by atoms with E-state index in [4.69, 9.17) is 5.73 Å². The molecule has 4 nitrogen and oxygen atoms in total. The first-order valence-corrected chi connectivity index (χ1v) is 10.1. The number of thioether (sulfide) groups is 1. The number of nitrogens with zero attached hydrogens (tertiary/aromatic N) is 2. The SMILES string of the molecule is CC1(C)CN(C(=O)C(c2ccccc2)N2CCSCC2)CCC1N.Cl.Cl. The molecule has 0 spiro atoms. The van der Waals surface area contributed by atoms with Gasteiger partial charge in [-0.15, -0.1) is 24.8 Å². The van der Waals surface area contributed by atoms with Crippen LogP contribution in [0.15, 0.2) is 30.3 Å². The number of hydrogen-bond donors (Lipinski definition) is 1. The standard InChI is InChI=1S/C19H29N3OS.2ClH/c1-19(2)14-22(9-8-16(19)20)18(23)17(15-6-4-3-5-7-15)21-10-12-24-13-11-21;;/h3-7,16-17H,8-14,20H2,1-2H3;2*1H. The molecule has 0 aliphatic carbocycles. The van der Waals surface area contributed by atoms with Crippen molar-refractivity contribution < 1.29 is 4.79 Å². The highest BCUT2D eigenvalue weighted by Crippen LogP contribution is 2.32. The van der Waals surface area contributed by atoms with Crippen molar-refractivity contribution in [3.05, 3.63) is 35.9 Å². The van der Waals surface area contributed by atoms with E-state index in [0.717, 1.165) is 49.7 Å². The maximum atomic E-state index is 13.4. The smallest absolute Gasteiger partial charge is 0.244 e. The molecule has 0 bridgehead atoms. The molecule has 2 aliphatic heterocycles. The van der Waals surface area contributed by atoms with E-state index in [1.807, 2.05) is 34.9 Å². The Bertz CT molecular complexity index is 567. The maximum Gasteiger partial charge on any atom is 0.244 e. The van der Waals surface area contributed by atoms with Gasteiger partial charge >= 0.3 is 0 Å². The average molecular weight is 420 g/mol. The lowest BCUT2D eigenvalue weighted by Gasteiger charge is -2.45. The van der Waals surface area contributed by atoms with Crippen LogP contribution in [0.2, 0.25) is 0 Å². The first kappa shape index (κ1) is 23.6. The summed E-state index contributed by atoms with van der Waals surface area (Å²) in [6.07, 6.45) is 0.885. The van der Waals surface area contributed by atoms with Crippen molar-refractivity contribution in [2.24, 2.45) is 11.1 Å². The van der Waals surface area contributed by atoms with Crippen molar-refractivity contribution in [1.82, 2.24) is 9.80 Å². The van der Waals surface area contributed by atoms with Crippen molar-refractivity contribution >= 4 is 42.5 Å². The van der Waals surface area contributed by atoms with Crippen LogP contribution in [0.5, 0.6) is 0 Å². The molecule has 1 aromatic carbocycles. The van der Waals surface area contributed by atoms with Crippen LogP contribution in [0.1, 0.15) is 31.9 Å². The molecule has 0 radical (unpaired) electrons. The van der Waals surface area contributed by atoms with Crippen LogP contribution < -0.4 is 5.73 Å². The zero-order chi connectivity index (χ0) is 17.2. The predicted molar refractivity (Wildman–Crippen MR) is 116 cm³/mol. The first-order chi connectivity index (χ1) is 11.5. The summed E-state index contributed by atoms with van der Waals surface area (Å²) in [6, 6.07) is 10.3. The number of amides is 1. The largest absolute Gasteiger partial charge is 0.340 e. The van der Waals surface area contributed by atoms with Gasteiger partial charge in [-0.1, -0.05) is 44.2 Å². The number of halogens is 2. The molecule has 148 valence electrons. The number of rotatable bonds is 3. The molecular weight excluding hydrogens is 389 g/mol. The Morgan fingerprint density at radius 1 is 1.15 bits per heavy atom. The lowest BCUT2D eigenvalue weighted by Crippen LogP contribution is -2.56. The molecule has 2 saturated heterocycles. The minimum absolute atomic E-state index is 0. The second-order valence-corrected chi connectivity index (χ2v) is 8.83. The molecule has 26 heavy (non-hydrogen) atoms. The second kappa shape index (κ2) is 10.2. The molecule has 7 heteroatoms. The molecule has 2 atom stereocenters. The Hall–Kier alpha value is -0.460. The quantitative estimate of drug-likeness (QED) is 0.816. The fraction of sp³-hybridized carbons (Fsp3) is 0.632. The summed E-state index contributed by atoms with van der Waals surface area (Å²) in [5, 5.41) is 0. The van der Waals surface area contributed by atoms with Crippen molar-refractivity contribution in [2.75, 3.05) is 37.7 Å². The molecule has 2 fully saturated rings. The van der Waals surface area contributed by atoms with Crippen molar-refractivity contribution in [1.29, 1.82) is 0 Å². The molecular formula is C19H31Cl2N3OS. The van der Waals surface area contributed by atoms with E-state index in [1.54, 1.807) is 0 Å². The fourth-order valence-corrected chi connectivity index (χ4v) is 4.65. The van der Waals surface area contributed by atoms with Gasteiger partial charge in [0.1, 0.15) is 6.04 Å². The number of nitrogens with two attached hydrogens (primary N) is 1. The van der Waals surface area contributed by atoms with E-state index in [9.17, 15) is 4.79 Å². The van der Waals surface area contributed by atoms with Gasteiger partial charge in [-0.05, 0) is 17.4 Å². The third-order valence-electron chi connectivity index (χ3n) is 5.38. The van der Waals surface area contributed by atoms with Crippen LogP contribution >= 0.6 is 36.6 Å². The molecule has 0 aromatic heterocycles. The number of carbonyl (C=O) groups excluding carboxylic acids is 1. The number of piperidine rings is 1. The highest BCUT2D eigenvalue weighted by molar-refractivity contribution is 7.99. The topological polar surface area (TPSA) is 49.6 Å². The number of carbonyl (C=O) groups is 1. The van der Waals surface area contributed by atoms with Gasteiger partial charge in [-0.3, -0.25) is 9.69 Å². The molecule has 1 aromatic rings. The van der Waals surface area contributed by atoms with Gasteiger partial charge in [0.2, 0.25) is 5.91 Å². The summed E-state index contributed by atoms with van der Waals surface area (Å²) in [4.78, 5) is 17.8. The fourth-order valence-electron chi connectivity index (χ4n) is 3.72. The normalized spacial score (nSPS) is 24.1. The van der Waals surface area contributed by atoms with Crippen LogP contribution in [0.25, 0.3) is 0 Å². The Labute approximate surface area is 174 Å². The third-order valence-corrected chi connectivity index (χ3v) is 6.33. The minimum atomic E-state index is -0.155. The van der Waals surface area contributed by atoms with E-state index < -0.39 is 0 Å². The molecule has 1 amide bonds. The lowest BCUT2D eigenvalue weighted by atomic mass is 9.79. The van der Waals surface area contributed by atoms with Crippen molar-refractivity contribution in [2.45, 2.75) is 32.4 Å². The molecule has 2 heterocycles. The summed E-state index contributed by atoms with van der Waals surface area (Å²) in [7, 11) is 0. The van der Waals surface area contributed by atoms with E-state index in [-0.39, 0.29) is 48.2 Å². The van der Waals surface area contributed by atoms with Gasteiger partial charge in [0, 0.05) is 43.7 Å². The average Bonchev–Trinajstić information content (AvgIpc) is 2.59. The summed E-state index contributed by atoms with van der Waals surface area (Å²) >= 11 is 1.98. The monoisotopic (exact) mass is 419 g/mol. The van der Waals surface area contributed by atoms with Gasteiger partial charge in [0.15, 0.2) is 0 Å². The minimum Gasteiger partial charge on any atom is -0.340 e. The second-order valence-electron chi connectivity index (χ2n) is 7.61. The molecule has 2 unspecified atom stereocenters. The summed E-state index contributed by atoms with van der Waals surface area (Å²) < 4.78 is 0. The lowest BCUT2D eigenvalue weighted by molar-refractivity contribution is -0.140. The van der Waals surface area contributed by atoms with E-state index in [1.165, 1.54) is 0 Å². The van der Waals surface area contributed by atoms with E-state index in [2.05, 4.69) is 30.9 Å². The highest BCUT2D eigenvalue weighted by Gasteiger charge is 2.39. The zero-order valence-electron chi connectivity index (χ0n) is 15.6. The van der Waals surface area contributed by atoms with Gasteiger partial charge < -0.3 is 10.6 Å². The van der Waals surface area contributed by atoms with Crippen LogP contribution in [0.4, 0.5) is 0 Å². The van der Waals surface area contributed by atoms with Crippen molar-refractivity contribution in [3.8, 4) is 0 Å². The molecule has 0 saturated carbocycles. The Kier molecular flexibility index (Phi) is 9.24. The van der Waals surface area contributed by atoms with Crippen LogP contribution in [0.3, 0.4) is 0 Å². The number of hydrogen-bond acceptors (Lipinski definition) is 4. The zero-order valence-corrected chi connectivity index (χ0v) is 18.0. The third kappa shape index (κ3) is 5.29. The van der Waals surface area contributed by atoms with Gasteiger partial charge in [0.05, 0.1) is 0 Å². The molecule has 3 rings (SSSR count). The maximum absolute atomic E-state index is 13.4. The van der Waals surface area contributed by atoms with E-state index in [0.29, 0.717) is 0 Å². The summed E-state index contributed by atoms with van der Waals surface area (Å²) in [6.45, 7) is 7.83. The summed E-state index contributed by atoms with van der Waals surface area (Å²) in [5.74, 6) is 2.45. The molecule has 2 aliphatic rings. The van der Waals surface area contributed by atoms with Crippen molar-refractivity contribution in [3.63, 3.8) is 0 Å². The summed E-state index contributed by atoms with van der Waals surface area (Å²) in [5.41, 5.74) is 7.35. The Morgan fingerprint density at radius 3 is 2.35 bits per heavy atom. The Balaban J connectivity index is 0.00000169. The van der Waals surface area contributed by atoms with Crippen LogP contribution in [0, 0.1) is 5.41 Å². The van der Waals surface area contributed by atoms with Crippen LogP contribution in [-0.4, -0.2) is 59.4 Å². The van der Waals surface area contributed by atoms with Gasteiger partial charge in [0.25, 0.3) is 0 Å². The van der Waals surface area contributed by atoms with Gasteiger partial charge in [-0.2, -0.15) is 11.8 Å². The molecule has 2 N–H and O–H groups in total. The predicted octanol–water partition coefficient (Wildman–Crippen LogP) is 3.21.